The third-order valence-electron chi connectivity index (χ3n) is 6.23. The molecule has 1 aliphatic heterocycles. The number of likely N-dealkylation sites (N-methyl/N-ethyl adjacent to an activating group) is 1. The van der Waals surface area contributed by atoms with Crippen molar-refractivity contribution in [3.8, 4) is 10.4 Å². The van der Waals surface area contributed by atoms with Gasteiger partial charge in [0.15, 0.2) is 0 Å². The molecule has 1 atom stereocenters. The van der Waals surface area contributed by atoms with Gasteiger partial charge in [0.05, 0.1) is 27.8 Å². The van der Waals surface area contributed by atoms with Gasteiger partial charge in [-0.15, -0.1) is 11.3 Å². The van der Waals surface area contributed by atoms with Crippen LogP contribution in [0.2, 0.25) is 0 Å². The molecule has 9 heteroatoms. The Kier molecular flexibility index (Phi) is 6.36. The first-order chi connectivity index (χ1) is 16.9. The van der Waals surface area contributed by atoms with Crippen LogP contribution in [0, 0.1) is 12.7 Å². The molecule has 2 aromatic carbocycles. The van der Waals surface area contributed by atoms with Gasteiger partial charge in [0.2, 0.25) is 0 Å². The van der Waals surface area contributed by atoms with Gasteiger partial charge in [-0.05, 0) is 49.9 Å². The van der Waals surface area contributed by atoms with Crippen LogP contribution < -0.4 is 5.32 Å². The first-order valence-electron chi connectivity index (χ1n) is 11.4. The fourth-order valence-corrected chi connectivity index (χ4v) is 5.37. The zero-order valence-corrected chi connectivity index (χ0v) is 20.3. The fraction of sp³-hybridized carbons (Fsp3) is 0.269. The molecule has 0 bridgehead atoms. The predicted octanol–water partition coefficient (Wildman–Crippen LogP) is 4.19. The van der Waals surface area contributed by atoms with Crippen molar-refractivity contribution in [2.24, 2.45) is 0 Å². The number of rotatable bonds is 5. The van der Waals surface area contributed by atoms with Crippen LogP contribution in [-0.4, -0.2) is 65.9 Å². The summed E-state index contributed by atoms with van der Waals surface area (Å²) in [6.45, 7) is 4.02. The van der Waals surface area contributed by atoms with Gasteiger partial charge in [0.1, 0.15) is 17.1 Å². The SMILES string of the molecule is Cc1nc(C(=O)N2CCN(C)CC2CNC(=O)c2cccc3occc23)c(-c2ccc(F)cc2)s1. The van der Waals surface area contributed by atoms with Gasteiger partial charge in [-0.25, -0.2) is 9.37 Å². The van der Waals surface area contributed by atoms with Crippen LogP contribution in [0.25, 0.3) is 21.4 Å². The maximum absolute atomic E-state index is 13.7. The summed E-state index contributed by atoms with van der Waals surface area (Å²) in [5.41, 5.74) is 2.31. The Hall–Kier alpha value is -3.56. The van der Waals surface area contributed by atoms with E-state index >= 15 is 0 Å². The summed E-state index contributed by atoms with van der Waals surface area (Å²) in [5, 5.41) is 4.52. The standard InChI is InChI=1S/C26H25FN4O3S/c1-16-29-23(24(35-16)17-6-8-18(27)9-7-17)26(33)31-12-11-30(2)15-19(31)14-28-25(32)21-4-3-5-22-20(21)10-13-34-22/h3-10,13,19H,11-12,14-15H2,1-2H3,(H,28,32). The van der Waals surface area contributed by atoms with Crippen LogP contribution in [0.5, 0.6) is 0 Å². The highest BCUT2D eigenvalue weighted by molar-refractivity contribution is 7.15. The lowest BCUT2D eigenvalue weighted by molar-refractivity contribution is 0.0488. The first kappa shape index (κ1) is 23.2. The summed E-state index contributed by atoms with van der Waals surface area (Å²) >= 11 is 1.41. The van der Waals surface area contributed by atoms with Crippen molar-refractivity contribution in [3.63, 3.8) is 0 Å². The first-order valence-corrected chi connectivity index (χ1v) is 12.2. The monoisotopic (exact) mass is 492 g/mol. The molecular weight excluding hydrogens is 467 g/mol. The van der Waals surface area contributed by atoms with Crippen LogP contribution in [-0.2, 0) is 0 Å². The number of nitrogens with zero attached hydrogens (tertiary/aromatic N) is 3. The van der Waals surface area contributed by atoms with Gasteiger partial charge in [-0.1, -0.05) is 18.2 Å². The number of fused-ring (bicyclic) bond motifs is 1. The van der Waals surface area contributed by atoms with E-state index in [1.165, 1.54) is 23.5 Å². The molecule has 1 N–H and O–H groups in total. The van der Waals surface area contributed by atoms with Crippen molar-refractivity contribution >= 4 is 34.1 Å². The number of furan rings is 1. The van der Waals surface area contributed by atoms with Crippen LogP contribution in [0.15, 0.2) is 59.2 Å². The fourth-order valence-electron chi connectivity index (χ4n) is 4.46. The number of aryl methyl sites for hydroxylation is 1. The molecule has 1 saturated heterocycles. The van der Waals surface area contributed by atoms with Crippen molar-refractivity contribution < 1.29 is 18.4 Å². The van der Waals surface area contributed by atoms with E-state index in [1.807, 2.05) is 20.0 Å². The molecule has 0 aliphatic carbocycles. The van der Waals surface area contributed by atoms with Gasteiger partial charge in [-0.3, -0.25) is 9.59 Å². The second-order valence-corrected chi connectivity index (χ2v) is 9.88. The molecule has 2 aromatic heterocycles. The quantitative estimate of drug-likeness (QED) is 0.452. The number of carbonyl (C=O) groups is 2. The zero-order valence-electron chi connectivity index (χ0n) is 19.5. The van der Waals surface area contributed by atoms with E-state index in [9.17, 15) is 14.0 Å². The lowest BCUT2D eigenvalue weighted by atomic mass is 10.1. The van der Waals surface area contributed by atoms with E-state index in [2.05, 4.69) is 15.2 Å². The maximum Gasteiger partial charge on any atom is 0.274 e. The minimum atomic E-state index is -0.330. The largest absolute Gasteiger partial charge is 0.464 e. The van der Waals surface area contributed by atoms with Gasteiger partial charge in [0, 0.05) is 31.6 Å². The summed E-state index contributed by atoms with van der Waals surface area (Å²) in [4.78, 5) is 35.9. The van der Waals surface area contributed by atoms with E-state index in [0.29, 0.717) is 36.5 Å². The van der Waals surface area contributed by atoms with E-state index in [4.69, 9.17) is 4.42 Å². The number of hydrogen-bond acceptors (Lipinski definition) is 6. The molecule has 0 radical (unpaired) electrons. The van der Waals surface area contributed by atoms with Gasteiger partial charge in [0.25, 0.3) is 11.8 Å². The zero-order chi connectivity index (χ0) is 24.5. The highest BCUT2D eigenvalue weighted by Crippen LogP contribution is 2.32. The molecule has 0 spiro atoms. The Bertz CT molecular complexity index is 1380. The summed E-state index contributed by atoms with van der Waals surface area (Å²) in [6, 6.07) is 13.0. The van der Waals surface area contributed by atoms with Crippen LogP contribution in [0.3, 0.4) is 0 Å². The molecule has 0 saturated carbocycles. The van der Waals surface area contributed by atoms with Crippen molar-refractivity contribution in [2.45, 2.75) is 13.0 Å². The highest BCUT2D eigenvalue weighted by atomic mass is 32.1. The summed E-state index contributed by atoms with van der Waals surface area (Å²) in [5.74, 6) is -0.726. The molecule has 5 rings (SSSR count). The Balaban J connectivity index is 1.37. The molecule has 7 nitrogen and oxygen atoms in total. The Labute approximate surface area is 206 Å². The van der Waals surface area contributed by atoms with Gasteiger partial charge < -0.3 is 19.5 Å². The van der Waals surface area contributed by atoms with Crippen LogP contribution in [0.4, 0.5) is 4.39 Å². The van der Waals surface area contributed by atoms with Gasteiger partial charge in [-0.2, -0.15) is 0 Å². The number of benzene rings is 2. The average molecular weight is 493 g/mol. The summed E-state index contributed by atoms with van der Waals surface area (Å²) < 4.78 is 18.9. The number of aromatic nitrogens is 1. The number of amides is 2. The molecule has 180 valence electrons. The molecule has 1 unspecified atom stereocenters. The lowest BCUT2D eigenvalue weighted by Crippen LogP contribution is -2.58. The van der Waals surface area contributed by atoms with Crippen molar-refractivity contribution in [2.75, 3.05) is 33.2 Å². The third kappa shape index (κ3) is 4.69. The number of nitrogens with one attached hydrogen (secondary N) is 1. The molecule has 4 aromatic rings. The molecule has 1 aliphatic rings. The lowest BCUT2D eigenvalue weighted by Gasteiger charge is -2.40. The smallest absolute Gasteiger partial charge is 0.274 e. The Morgan fingerprint density at radius 3 is 2.77 bits per heavy atom. The number of halogens is 1. The number of thiazole rings is 1. The average Bonchev–Trinajstić information content (AvgIpc) is 3.49. The van der Waals surface area contributed by atoms with Gasteiger partial charge >= 0.3 is 0 Å². The minimum absolute atomic E-state index is 0.182. The maximum atomic E-state index is 13.7. The van der Waals surface area contributed by atoms with E-state index in [0.717, 1.165) is 27.4 Å². The molecule has 1 fully saturated rings. The van der Waals surface area contributed by atoms with E-state index < -0.39 is 0 Å². The number of piperazine rings is 1. The Morgan fingerprint density at radius 1 is 1.17 bits per heavy atom. The van der Waals surface area contributed by atoms with Crippen molar-refractivity contribution in [1.29, 1.82) is 0 Å². The highest BCUT2D eigenvalue weighted by Gasteiger charge is 2.33. The van der Waals surface area contributed by atoms with E-state index in [-0.39, 0.29) is 23.7 Å². The summed E-state index contributed by atoms with van der Waals surface area (Å²) in [7, 11) is 2.00. The van der Waals surface area contributed by atoms with Crippen LogP contribution in [0.1, 0.15) is 25.9 Å². The number of carbonyl (C=O) groups excluding carboxylic acids is 2. The van der Waals surface area contributed by atoms with Crippen LogP contribution >= 0.6 is 11.3 Å². The second kappa shape index (κ2) is 9.59. The van der Waals surface area contributed by atoms with Crippen molar-refractivity contribution in [3.05, 3.63) is 76.9 Å². The normalized spacial score (nSPS) is 16.5. The summed E-state index contributed by atoms with van der Waals surface area (Å²) in [6.07, 6.45) is 1.56. The third-order valence-corrected chi connectivity index (χ3v) is 7.25. The number of hydrogen-bond donors (Lipinski definition) is 1. The molecule has 2 amide bonds. The second-order valence-electron chi connectivity index (χ2n) is 8.68. The topological polar surface area (TPSA) is 78.7 Å². The van der Waals surface area contributed by atoms with E-state index in [1.54, 1.807) is 41.5 Å². The molecular formula is C26H25FN4O3S. The minimum Gasteiger partial charge on any atom is -0.464 e. The predicted molar refractivity (Wildman–Crippen MR) is 133 cm³/mol. The Morgan fingerprint density at radius 2 is 1.97 bits per heavy atom. The molecule has 3 heterocycles. The molecule has 35 heavy (non-hydrogen) atoms. The van der Waals surface area contributed by atoms with Crippen molar-refractivity contribution in [1.82, 2.24) is 20.1 Å².